The molecule has 1 rings (SSSR count). The van der Waals surface area contributed by atoms with Gasteiger partial charge in [0, 0.05) is 0 Å². The van der Waals surface area contributed by atoms with E-state index in [0.29, 0.717) is 0 Å². The smallest absolute Gasteiger partial charge is 0.201 e. The van der Waals surface area contributed by atoms with Gasteiger partial charge < -0.3 is 0 Å². The number of pyridine rings is 1. The van der Waals surface area contributed by atoms with Crippen LogP contribution < -0.4 is 0 Å². The summed E-state index contributed by atoms with van der Waals surface area (Å²) in [5, 5.41) is 0. The van der Waals surface area contributed by atoms with Crippen LogP contribution in [0.3, 0.4) is 0 Å². The minimum absolute atomic E-state index is 1.16. The molecule has 0 aliphatic carbocycles. The maximum Gasteiger partial charge on any atom is 0.252 e. The first-order valence-corrected chi connectivity index (χ1v) is 2.20. The molecule has 0 aromatic carbocycles. The largest absolute Gasteiger partial charge is 0.252 e. The van der Waals surface area contributed by atoms with E-state index in [1.54, 1.807) is 0 Å². The monoisotopic (exact) mass is 150 g/mol. The summed E-state index contributed by atoms with van der Waals surface area (Å²) >= 11 is 0. The molecule has 1 aromatic rings. The van der Waals surface area contributed by atoms with E-state index < -0.39 is 23.5 Å². The van der Waals surface area contributed by atoms with Crippen LogP contribution >= 0.6 is 0 Å². The van der Waals surface area contributed by atoms with Crippen LogP contribution in [0, 0.1) is 29.6 Å². The van der Waals surface area contributed by atoms with Crippen LogP contribution in [-0.2, 0) is 0 Å². The first kappa shape index (κ1) is 6.98. The molecule has 0 atom stereocenters. The Kier molecular flexibility index (Phi) is 1.57. The summed E-state index contributed by atoms with van der Waals surface area (Å²) in [6, 6.07) is 1.16. The highest BCUT2D eigenvalue weighted by atomic mass is 19.2. The van der Waals surface area contributed by atoms with Gasteiger partial charge in [-0.05, 0) is 0 Å². The Bertz CT molecular complexity index is 210. The highest BCUT2D eigenvalue weighted by Crippen LogP contribution is 2.06. The van der Waals surface area contributed by atoms with Crippen LogP contribution in [0.1, 0.15) is 0 Å². The highest BCUT2D eigenvalue weighted by Gasteiger charge is 2.10. The Hall–Kier alpha value is -1.13. The first-order valence-electron chi connectivity index (χ1n) is 2.20. The second-order valence-electron chi connectivity index (χ2n) is 1.45. The van der Waals surface area contributed by atoms with E-state index in [0.717, 1.165) is 6.07 Å². The van der Waals surface area contributed by atoms with Gasteiger partial charge in [-0.15, -0.1) is 0 Å². The van der Waals surface area contributed by atoms with Crippen molar-refractivity contribution in [2.45, 2.75) is 0 Å². The zero-order valence-corrected chi connectivity index (χ0v) is 4.46. The van der Waals surface area contributed by atoms with Crippen LogP contribution in [0.15, 0.2) is 0 Å². The summed E-state index contributed by atoms with van der Waals surface area (Å²) in [5.74, 6) is -6.64. The molecule has 1 radical (unpaired) electrons. The van der Waals surface area contributed by atoms with Gasteiger partial charge in [-0.2, -0.15) is 13.8 Å². The van der Waals surface area contributed by atoms with Crippen molar-refractivity contribution in [3.63, 3.8) is 0 Å². The number of halogens is 4. The quantitative estimate of drug-likeness (QED) is 0.402. The van der Waals surface area contributed by atoms with Crippen molar-refractivity contribution in [2.75, 3.05) is 0 Å². The molecule has 5 heteroatoms. The minimum Gasteiger partial charge on any atom is -0.201 e. The van der Waals surface area contributed by atoms with E-state index in [-0.39, 0.29) is 0 Å². The van der Waals surface area contributed by atoms with Gasteiger partial charge in [-0.3, -0.25) is 0 Å². The predicted octanol–water partition coefficient (Wildman–Crippen LogP) is 1.44. The lowest BCUT2D eigenvalue weighted by molar-refractivity contribution is 0.404. The Morgan fingerprint density at radius 2 is 1.30 bits per heavy atom. The number of aromatic nitrogens is 1. The molecule has 0 unspecified atom stereocenters. The lowest BCUT2D eigenvalue weighted by Crippen LogP contribution is -1.97. The topological polar surface area (TPSA) is 12.9 Å². The van der Waals surface area contributed by atoms with E-state index >= 15 is 0 Å². The van der Waals surface area contributed by atoms with Crippen molar-refractivity contribution < 1.29 is 17.6 Å². The standard InChI is InChI=1S/C5F4N/c6-2-1-3(7)5(9)10-4(2)8. The Morgan fingerprint density at radius 3 is 1.60 bits per heavy atom. The Labute approximate surface area is 53.3 Å². The molecule has 10 heavy (non-hydrogen) atoms. The predicted molar refractivity (Wildman–Crippen MR) is 22.9 cm³/mol. The molecule has 1 aromatic heterocycles. The van der Waals surface area contributed by atoms with E-state index in [1.165, 1.54) is 0 Å². The third-order valence-corrected chi connectivity index (χ3v) is 0.778. The summed E-state index contributed by atoms with van der Waals surface area (Å²) in [4.78, 5) is 2.26. The summed E-state index contributed by atoms with van der Waals surface area (Å²) < 4.78 is 47.4. The van der Waals surface area contributed by atoms with E-state index in [9.17, 15) is 17.6 Å². The molecule has 53 valence electrons. The zero-order valence-electron chi connectivity index (χ0n) is 4.46. The molecule has 1 nitrogen and oxygen atoms in total. The van der Waals surface area contributed by atoms with Gasteiger partial charge in [-0.1, -0.05) is 0 Å². The third kappa shape index (κ3) is 1.07. The van der Waals surface area contributed by atoms with Gasteiger partial charge in [0.15, 0.2) is 11.6 Å². The normalized spacial score (nSPS) is 10.0. The van der Waals surface area contributed by atoms with Crippen molar-refractivity contribution in [3.8, 4) is 0 Å². The first-order chi connectivity index (χ1) is 4.61. The van der Waals surface area contributed by atoms with E-state index in [4.69, 9.17) is 0 Å². The molecule has 0 aliphatic heterocycles. The van der Waals surface area contributed by atoms with Crippen LogP contribution in [0.2, 0.25) is 0 Å². The minimum atomic E-state index is -1.70. The fourth-order valence-electron chi connectivity index (χ4n) is 0.384. The molecular weight excluding hydrogens is 150 g/mol. The molecule has 0 fully saturated rings. The summed E-state index contributed by atoms with van der Waals surface area (Å²) in [7, 11) is 0. The molecule has 0 aliphatic rings. The maximum absolute atomic E-state index is 11.9. The molecule has 1 heterocycles. The fraction of sp³-hybridized carbons (Fsp3) is 0. The van der Waals surface area contributed by atoms with Crippen molar-refractivity contribution in [1.82, 2.24) is 4.98 Å². The second kappa shape index (κ2) is 2.24. The van der Waals surface area contributed by atoms with Crippen LogP contribution in [0.25, 0.3) is 0 Å². The molecule has 0 bridgehead atoms. The summed E-state index contributed by atoms with van der Waals surface area (Å²) in [5.41, 5.74) is 0. The Morgan fingerprint density at radius 1 is 0.900 bits per heavy atom. The lowest BCUT2D eigenvalue weighted by Gasteiger charge is -1.90. The average Bonchev–Trinajstić information content (AvgIpc) is 1.84. The van der Waals surface area contributed by atoms with Gasteiger partial charge >= 0.3 is 0 Å². The van der Waals surface area contributed by atoms with Crippen molar-refractivity contribution in [3.05, 3.63) is 29.6 Å². The van der Waals surface area contributed by atoms with Crippen molar-refractivity contribution >= 4 is 0 Å². The number of hydrogen-bond acceptors (Lipinski definition) is 1. The van der Waals surface area contributed by atoms with Gasteiger partial charge in [0.1, 0.15) is 0 Å². The second-order valence-corrected chi connectivity index (χ2v) is 1.45. The summed E-state index contributed by atoms with van der Waals surface area (Å²) in [6.07, 6.45) is 0. The molecule has 0 saturated heterocycles. The SMILES string of the molecule is Fc1[c]c(F)c(F)nc1F. The van der Waals surface area contributed by atoms with Gasteiger partial charge in [0.05, 0.1) is 6.07 Å². The average molecular weight is 150 g/mol. The molecule has 0 amide bonds. The summed E-state index contributed by atoms with van der Waals surface area (Å²) in [6.45, 7) is 0. The Balaban J connectivity index is 3.28. The number of rotatable bonds is 0. The van der Waals surface area contributed by atoms with Gasteiger partial charge in [0.2, 0.25) is 0 Å². The highest BCUT2D eigenvalue weighted by molar-refractivity contribution is 4.98. The molecule has 0 saturated carbocycles. The van der Waals surface area contributed by atoms with Gasteiger partial charge in [0.25, 0.3) is 11.9 Å². The van der Waals surface area contributed by atoms with Crippen LogP contribution in [0.5, 0.6) is 0 Å². The zero-order chi connectivity index (χ0) is 7.72. The third-order valence-electron chi connectivity index (χ3n) is 0.778. The van der Waals surface area contributed by atoms with E-state index in [2.05, 4.69) is 4.98 Å². The molecular formula is C5F4N. The number of hydrogen-bond donors (Lipinski definition) is 0. The van der Waals surface area contributed by atoms with Crippen molar-refractivity contribution in [1.29, 1.82) is 0 Å². The van der Waals surface area contributed by atoms with Crippen molar-refractivity contribution in [2.24, 2.45) is 0 Å². The van der Waals surface area contributed by atoms with Crippen LogP contribution in [0.4, 0.5) is 17.6 Å². The van der Waals surface area contributed by atoms with E-state index in [1.807, 2.05) is 0 Å². The maximum atomic E-state index is 11.9. The fourth-order valence-corrected chi connectivity index (χ4v) is 0.384. The lowest BCUT2D eigenvalue weighted by atomic mass is 10.4. The van der Waals surface area contributed by atoms with Gasteiger partial charge in [-0.25, -0.2) is 8.78 Å². The van der Waals surface area contributed by atoms with Crippen LogP contribution in [-0.4, -0.2) is 4.98 Å². The molecule has 0 spiro atoms. The number of nitrogens with zero attached hydrogens (tertiary/aromatic N) is 1. The molecule has 0 N–H and O–H groups in total.